The fourth-order valence-corrected chi connectivity index (χ4v) is 1.03. The summed E-state index contributed by atoms with van der Waals surface area (Å²) in [6, 6.07) is 0. The Labute approximate surface area is 63.8 Å². The first-order valence-corrected chi connectivity index (χ1v) is 3.41. The van der Waals surface area contributed by atoms with Crippen LogP contribution >= 0.6 is 0 Å². The van der Waals surface area contributed by atoms with Crippen LogP contribution in [0.3, 0.4) is 0 Å². The van der Waals surface area contributed by atoms with E-state index in [1.165, 1.54) is 6.92 Å². The predicted octanol–water partition coefficient (Wildman–Crippen LogP) is -2.19. The maximum absolute atomic E-state index is 9.09. The van der Waals surface area contributed by atoms with Crippen molar-refractivity contribution < 1.29 is 25.2 Å². The van der Waals surface area contributed by atoms with Gasteiger partial charge in [-0.1, -0.05) is 0 Å². The Balaban J connectivity index is 2.63. The summed E-state index contributed by atoms with van der Waals surface area (Å²) in [4.78, 5) is 0. The van der Waals surface area contributed by atoms with E-state index in [9.17, 15) is 0 Å². The molecule has 4 unspecified atom stereocenters. The van der Waals surface area contributed by atoms with Crippen LogP contribution in [-0.2, 0) is 4.74 Å². The number of aliphatic hydroxyl groups excluding tert-OH is 4. The zero-order chi connectivity index (χ0) is 8.59. The van der Waals surface area contributed by atoms with Gasteiger partial charge in [0.25, 0.3) is 0 Å². The van der Waals surface area contributed by atoms with E-state index in [0.29, 0.717) is 0 Å². The third-order valence-corrected chi connectivity index (χ3v) is 1.83. The Bertz CT molecular complexity index is 125. The Morgan fingerprint density at radius 1 is 0.909 bits per heavy atom. The minimum absolute atomic E-state index is 0.664. The smallest absolute Gasteiger partial charge is 0.183 e. The van der Waals surface area contributed by atoms with E-state index in [1.54, 1.807) is 0 Å². The third kappa shape index (κ3) is 1.52. The molecule has 0 bridgehead atoms. The van der Waals surface area contributed by atoms with Gasteiger partial charge in [0.15, 0.2) is 6.29 Å². The molecule has 0 spiro atoms. The lowest BCUT2D eigenvalue weighted by Gasteiger charge is -2.36. The normalized spacial score (nSPS) is 52.6. The van der Waals surface area contributed by atoms with Crippen molar-refractivity contribution in [2.45, 2.75) is 37.6 Å². The average Bonchev–Trinajstić information content (AvgIpc) is 1.97. The molecule has 1 rings (SSSR count). The van der Waals surface area contributed by atoms with Gasteiger partial charge in [-0.2, -0.15) is 0 Å². The van der Waals surface area contributed by atoms with Crippen molar-refractivity contribution in [1.29, 1.82) is 0 Å². The molecule has 0 amide bonds. The van der Waals surface area contributed by atoms with Gasteiger partial charge in [0.2, 0.25) is 0 Å². The zero-order valence-corrected chi connectivity index (χ0v) is 6.08. The maximum Gasteiger partial charge on any atom is 0.183 e. The van der Waals surface area contributed by atoms with E-state index in [1.807, 2.05) is 0 Å². The van der Waals surface area contributed by atoms with E-state index in [2.05, 4.69) is 4.74 Å². The molecule has 5 nitrogen and oxygen atoms in total. The van der Waals surface area contributed by atoms with Crippen molar-refractivity contribution in [1.82, 2.24) is 0 Å². The van der Waals surface area contributed by atoms with Gasteiger partial charge in [0, 0.05) is 0 Å². The van der Waals surface area contributed by atoms with Crippen molar-refractivity contribution in [3.63, 3.8) is 0 Å². The highest BCUT2D eigenvalue weighted by atomic mass is 16.6. The summed E-state index contributed by atoms with van der Waals surface area (Å²) in [5.74, 6) is 0. The van der Waals surface area contributed by atoms with Crippen LogP contribution in [0.4, 0.5) is 0 Å². The molecule has 1 heterocycles. The lowest BCUT2D eigenvalue weighted by Crippen LogP contribution is -2.56. The first kappa shape index (κ1) is 8.89. The summed E-state index contributed by atoms with van der Waals surface area (Å²) in [5.41, 5.74) is 0. The molecule has 4 N–H and O–H groups in total. The second-order valence-corrected chi connectivity index (χ2v) is 2.70. The standard InChI is InChI=1S/C6H12O5/c1-2-3(7)4(8)5(9)6(10)11-2/h2-10H,1H3/t2-,3?,4?,5?,6?/m0/s1. The van der Waals surface area contributed by atoms with Crippen molar-refractivity contribution >= 4 is 0 Å². The first-order chi connectivity index (χ1) is 5.04. The van der Waals surface area contributed by atoms with E-state index in [-0.39, 0.29) is 0 Å². The van der Waals surface area contributed by atoms with Gasteiger partial charge >= 0.3 is 0 Å². The van der Waals surface area contributed by atoms with Gasteiger partial charge < -0.3 is 25.2 Å². The molecule has 0 aromatic rings. The van der Waals surface area contributed by atoms with Gasteiger partial charge in [-0.3, -0.25) is 0 Å². The van der Waals surface area contributed by atoms with Gasteiger partial charge in [0.1, 0.15) is 18.3 Å². The van der Waals surface area contributed by atoms with Crippen LogP contribution in [0, 0.1) is 0 Å². The van der Waals surface area contributed by atoms with Crippen LogP contribution < -0.4 is 0 Å². The fourth-order valence-electron chi connectivity index (χ4n) is 1.03. The zero-order valence-electron chi connectivity index (χ0n) is 6.08. The molecule has 66 valence electrons. The molecule has 5 heteroatoms. The van der Waals surface area contributed by atoms with Gasteiger partial charge in [-0.05, 0) is 6.92 Å². The molecule has 5 atom stereocenters. The summed E-state index contributed by atoms with van der Waals surface area (Å²) in [5, 5.41) is 36.0. The van der Waals surface area contributed by atoms with Gasteiger partial charge in [-0.15, -0.1) is 0 Å². The average molecular weight is 164 g/mol. The Morgan fingerprint density at radius 3 is 2.00 bits per heavy atom. The Morgan fingerprint density at radius 2 is 1.45 bits per heavy atom. The number of hydrogen-bond acceptors (Lipinski definition) is 5. The molecule has 0 aromatic heterocycles. The van der Waals surface area contributed by atoms with Crippen molar-refractivity contribution in [2.24, 2.45) is 0 Å². The van der Waals surface area contributed by atoms with Crippen LogP contribution in [0.15, 0.2) is 0 Å². The molecule has 11 heavy (non-hydrogen) atoms. The van der Waals surface area contributed by atoms with Crippen LogP contribution in [0.25, 0.3) is 0 Å². The molecule has 0 aromatic carbocycles. The minimum Gasteiger partial charge on any atom is -0.388 e. The van der Waals surface area contributed by atoms with Gasteiger partial charge in [-0.25, -0.2) is 0 Å². The molecule has 1 aliphatic rings. The molecular weight excluding hydrogens is 152 g/mol. The summed E-state index contributed by atoms with van der Waals surface area (Å²) in [7, 11) is 0. The lowest BCUT2D eigenvalue weighted by molar-refractivity contribution is -0.277. The topological polar surface area (TPSA) is 90.2 Å². The number of aliphatic hydroxyl groups is 4. The highest BCUT2D eigenvalue weighted by Crippen LogP contribution is 2.18. The monoisotopic (exact) mass is 164 g/mol. The number of hydrogen-bond donors (Lipinski definition) is 4. The molecular formula is C6H12O5. The maximum atomic E-state index is 9.09. The number of rotatable bonds is 0. The molecule has 1 aliphatic heterocycles. The molecule has 0 saturated carbocycles. The van der Waals surface area contributed by atoms with Crippen molar-refractivity contribution in [3.05, 3.63) is 0 Å². The number of ether oxygens (including phenoxy) is 1. The van der Waals surface area contributed by atoms with Crippen LogP contribution in [0.5, 0.6) is 0 Å². The minimum atomic E-state index is -1.43. The predicted molar refractivity (Wildman–Crippen MR) is 34.6 cm³/mol. The largest absolute Gasteiger partial charge is 0.388 e. The molecule has 1 saturated heterocycles. The van der Waals surface area contributed by atoms with Crippen LogP contribution in [0.1, 0.15) is 6.92 Å². The van der Waals surface area contributed by atoms with Crippen LogP contribution in [0.2, 0.25) is 0 Å². The summed E-state index contributed by atoms with van der Waals surface area (Å²) >= 11 is 0. The summed E-state index contributed by atoms with van der Waals surface area (Å²) < 4.78 is 4.68. The highest BCUT2D eigenvalue weighted by Gasteiger charge is 2.40. The van der Waals surface area contributed by atoms with E-state index in [4.69, 9.17) is 20.4 Å². The van der Waals surface area contributed by atoms with Crippen molar-refractivity contribution in [3.8, 4) is 0 Å². The molecule has 1 fully saturated rings. The SMILES string of the molecule is C[C@@H]1OC(O)C(O)C(O)C1O. The van der Waals surface area contributed by atoms with E-state index >= 15 is 0 Å². The van der Waals surface area contributed by atoms with Gasteiger partial charge in [0.05, 0.1) is 6.10 Å². The summed E-state index contributed by atoms with van der Waals surface area (Å²) in [6.45, 7) is 1.50. The third-order valence-electron chi connectivity index (χ3n) is 1.83. The Kier molecular flexibility index (Phi) is 2.46. The van der Waals surface area contributed by atoms with Crippen molar-refractivity contribution in [2.75, 3.05) is 0 Å². The second-order valence-electron chi connectivity index (χ2n) is 2.70. The fraction of sp³-hybridized carbons (Fsp3) is 1.00. The molecule has 0 aliphatic carbocycles. The van der Waals surface area contributed by atoms with Crippen LogP contribution in [-0.4, -0.2) is 51.1 Å². The lowest BCUT2D eigenvalue weighted by atomic mass is 10.0. The highest BCUT2D eigenvalue weighted by molar-refractivity contribution is 4.86. The van der Waals surface area contributed by atoms with E-state index in [0.717, 1.165) is 0 Å². The first-order valence-electron chi connectivity index (χ1n) is 3.41. The Hall–Kier alpha value is -0.200. The second kappa shape index (κ2) is 3.04. The molecule has 0 radical (unpaired) electrons. The quantitative estimate of drug-likeness (QED) is 0.326. The summed E-state index contributed by atoms with van der Waals surface area (Å²) in [6.07, 6.45) is -5.99. The van der Waals surface area contributed by atoms with E-state index < -0.39 is 30.7 Å².